The molecular formula is C20H29N5O5S. The zero-order valence-electron chi connectivity index (χ0n) is 17.9. The lowest BCUT2D eigenvalue weighted by Gasteiger charge is -2.31. The van der Waals surface area contributed by atoms with Gasteiger partial charge in [0.05, 0.1) is 37.6 Å². The van der Waals surface area contributed by atoms with Gasteiger partial charge in [0.2, 0.25) is 5.91 Å². The quantitative estimate of drug-likeness (QED) is 0.516. The summed E-state index contributed by atoms with van der Waals surface area (Å²) in [5, 5.41) is 9.56. The molecule has 0 atom stereocenters. The molecule has 0 spiro atoms. The van der Waals surface area contributed by atoms with Crippen molar-refractivity contribution in [2.45, 2.75) is 18.8 Å². The molecule has 2 aromatic heterocycles. The minimum atomic E-state index is -0.248. The monoisotopic (exact) mass is 451 g/mol. The van der Waals surface area contributed by atoms with Crippen molar-refractivity contribution in [1.29, 1.82) is 0 Å². The van der Waals surface area contributed by atoms with E-state index in [1.807, 2.05) is 4.90 Å². The minimum Gasteiger partial charge on any atom is -0.382 e. The van der Waals surface area contributed by atoms with E-state index in [1.165, 1.54) is 11.3 Å². The number of methoxy groups -OCH3 is 1. The Morgan fingerprint density at radius 3 is 2.65 bits per heavy atom. The van der Waals surface area contributed by atoms with E-state index in [4.69, 9.17) is 14.2 Å². The molecule has 11 heteroatoms. The number of amides is 2. The lowest BCUT2D eigenvalue weighted by Crippen LogP contribution is -2.40. The summed E-state index contributed by atoms with van der Waals surface area (Å²) in [6.07, 6.45) is 3.27. The van der Waals surface area contributed by atoms with Gasteiger partial charge in [-0.15, -0.1) is 11.3 Å². The Labute approximate surface area is 185 Å². The summed E-state index contributed by atoms with van der Waals surface area (Å²) in [4.78, 5) is 31.1. The van der Waals surface area contributed by atoms with Crippen LogP contribution >= 0.6 is 11.3 Å². The normalized spacial score (nSPS) is 14.7. The average Bonchev–Trinajstić information content (AvgIpc) is 3.43. The fourth-order valence-electron chi connectivity index (χ4n) is 3.25. The fraction of sp³-hybridized carbons (Fsp3) is 0.600. The number of likely N-dealkylation sites (tertiary alicyclic amines) is 1. The number of carbonyl (C=O) groups is 2. The second-order valence-corrected chi connectivity index (χ2v) is 8.07. The number of carbonyl (C=O) groups excluding carboxylic acids is 2. The van der Waals surface area contributed by atoms with Crippen LogP contribution in [0.15, 0.2) is 17.6 Å². The smallest absolute Gasteiger partial charge is 0.276 e. The van der Waals surface area contributed by atoms with Crippen LogP contribution in [0.5, 0.6) is 0 Å². The second-order valence-electron chi connectivity index (χ2n) is 7.18. The van der Waals surface area contributed by atoms with Crippen LogP contribution in [0.2, 0.25) is 0 Å². The maximum atomic E-state index is 12.4. The SMILES string of the molecule is COCCOCCOCC(=O)N1CCC(c2nc(C(=O)Nc3ccnn3C)cs2)CC1. The van der Waals surface area contributed by atoms with E-state index in [9.17, 15) is 9.59 Å². The van der Waals surface area contributed by atoms with Gasteiger partial charge in [0.15, 0.2) is 0 Å². The zero-order chi connectivity index (χ0) is 22.1. The number of hydrogen-bond donors (Lipinski definition) is 1. The number of rotatable bonds is 11. The van der Waals surface area contributed by atoms with E-state index in [-0.39, 0.29) is 24.3 Å². The molecule has 1 fully saturated rings. The Morgan fingerprint density at radius 1 is 1.19 bits per heavy atom. The number of anilines is 1. The molecule has 2 amide bonds. The first kappa shape index (κ1) is 23.3. The summed E-state index contributed by atoms with van der Waals surface area (Å²) in [5.41, 5.74) is 0.404. The standard InChI is InChI=1S/C20H29N5O5S/c1-24-17(3-6-21-24)23-19(27)16-14-31-20(22-16)15-4-7-25(8-5-15)18(26)13-30-12-11-29-10-9-28-2/h3,6,14-15H,4-5,7-13H2,1-2H3,(H,23,27). The molecule has 0 bridgehead atoms. The fourth-order valence-corrected chi connectivity index (χ4v) is 4.22. The Morgan fingerprint density at radius 2 is 1.94 bits per heavy atom. The van der Waals surface area contributed by atoms with Crippen LogP contribution < -0.4 is 5.32 Å². The number of aromatic nitrogens is 3. The van der Waals surface area contributed by atoms with Gasteiger partial charge in [-0.25, -0.2) is 4.98 Å². The molecule has 0 radical (unpaired) electrons. The van der Waals surface area contributed by atoms with E-state index < -0.39 is 0 Å². The van der Waals surface area contributed by atoms with Crippen molar-refractivity contribution >= 4 is 29.0 Å². The molecular weight excluding hydrogens is 422 g/mol. The molecule has 2 aromatic rings. The van der Waals surface area contributed by atoms with Crippen molar-refractivity contribution in [3.05, 3.63) is 28.3 Å². The van der Waals surface area contributed by atoms with Gasteiger partial charge in [-0.05, 0) is 12.8 Å². The summed E-state index contributed by atoms with van der Waals surface area (Å²) < 4.78 is 17.2. The molecule has 10 nitrogen and oxygen atoms in total. The van der Waals surface area contributed by atoms with Crippen LogP contribution in [0.3, 0.4) is 0 Å². The number of nitrogens with zero attached hydrogens (tertiary/aromatic N) is 4. The summed E-state index contributed by atoms with van der Waals surface area (Å²) in [7, 11) is 3.38. The van der Waals surface area contributed by atoms with Gasteiger partial charge in [-0.1, -0.05) is 0 Å². The predicted octanol–water partition coefficient (Wildman–Crippen LogP) is 1.51. The van der Waals surface area contributed by atoms with E-state index in [2.05, 4.69) is 15.4 Å². The molecule has 170 valence electrons. The van der Waals surface area contributed by atoms with Crippen molar-refractivity contribution in [2.24, 2.45) is 7.05 Å². The lowest BCUT2D eigenvalue weighted by atomic mass is 9.97. The highest BCUT2D eigenvalue weighted by Crippen LogP contribution is 2.30. The highest BCUT2D eigenvalue weighted by Gasteiger charge is 2.26. The molecule has 31 heavy (non-hydrogen) atoms. The lowest BCUT2D eigenvalue weighted by molar-refractivity contribution is -0.137. The Kier molecular flexibility index (Phi) is 8.95. The third-order valence-corrected chi connectivity index (χ3v) is 6.05. The van der Waals surface area contributed by atoms with Crippen LogP contribution in [0.1, 0.15) is 34.3 Å². The maximum absolute atomic E-state index is 12.4. The molecule has 0 unspecified atom stereocenters. The molecule has 3 rings (SSSR count). The molecule has 1 saturated heterocycles. The zero-order valence-corrected chi connectivity index (χ0v) is 18.7. The topological polar surface area (TPSA) is 108 Å². The first-order valence-electron chi connectivity index (χ1n) is 10.3. The highest BCUT2D eigenvalue weighted by molar-refractivity contribution is 7.10. The Balaban J connectivity index is 1.38. The van der Waals surface area contributed by atoms with E-state index in [0.29, 0.717) is 51.0 Å². The van der Waals surface area contributed by atoms with Crippen molar-refractivity contribution in [1.82, 2.24) is 19.7 Å². The van der Waals surface area contributed by atoms with E-state index >= 15 is 0 Å². The third kappa shape index (κ3) is 6.82. The van der Waals surface area contributed by atoms with Crippen LogP contribution in [-0.4, -0.2) is 84.7 Å². The predicted molar refractivity (Wildman–Crippen MR) is 115 cm³/mol. The molecule has 3 heterocycles. The number of thiazole rings is 1. The third-order valence-electron chi connectivity index (χ3n) is 5.04. The van der Waals surface area contributed by atoms with Crippen molar-refractivity contribution < 1.29 is 23.8 Å². The van der Waals surface area contributed by atoms with Gasteiger partial charge < -0.3 is 24.4 Å². The first-order valence-corrected chi connectivity index (χ1v) is 11.1. The highest BCUT2D eigenvalue weighted by atomic mass is 32.1. The Hall–Kier alpha value is -2.34. The number of hydrogen-bond acceptors (Lipinski definition) is 8. The van der Waals surface area contributed by atoms with Crippen molar-refractivity contribution in [2.75, 3.05) is 58.6 Å². The summed E-state index contributed by atoms with van der Waals surface area (Å²) in [6.45, 7) is 3.27. The van der Waals surface area contributed by atoms with Gasteiger partial charge in [0.1, 0.15) is 18.1 Å². The molecule has 1 aliphatic heterocycles. The largest absolute Gasteiger partial charge is 0.382 e. The van der Waals surface area contributed by atoms with Gasteiger partial charge in [0.25, 0.3) is 5.91 Å². The first-order chi connectivity index (χ1) is 15.1. The van der Waals surface area contributed by atoms with Gasteiger partial charge in [-0.2, -0.15) is 5.10 Å². The molecule has 0 aliphatic carbocycles. The summed E-state index contributed by atoms with van der Waals surface area (Å²) in [5.74, 6) is 0.616. The summed E-state index contributed by atoms with van der Waals surface area (Å²) in [6, 6.07) is 1.73. The second kappa shape index (κ2) is 11.9. The average molecular weight is 452 g/mol. The van der Waals surface area contributed by atoms with Crippen LogP contribution in [0, 0.1) is 0 Å². The molecule has 1 aliphatic rings. The Bertz CT molecular complexity index is 847. The molecule has 0 aromatic carbocycles. The van der Waals surface area contributed by atoms with Crippen molar-refractivity contribution in [3.63, 3.8) is 0 Å². The van der Waals surface area contributed by atoms with Gasteiger partial charge >= 0.3 is 0 Å². The van der Waals surface area contributed by atoms with Crippen LogP contribution in [0.4, 0.5) is 5.82 Å². The number of nitrogens with one attached hydrogen (secondary N) is 1. The van der Waals surface area contributed by atoms with Crippen LogP contribution in [0.25, 0.3) is 0 Å². The number of piperidine rings is 1. The van der Waals surface area contributed by atoms with Crippen LogP contribution in [-0.2, 0) is 26.1 Å². The number of aryl methyl sites for hydroxylation is 1. The van der Waals surface area contributed by atoms with Gasteiger partial charge in [0, 0.05) is 44.6 Å². The maximum Gasteiger partial charge on any atom is 0.276 e. The molecule has 0 saturated carbocycles. The van der Waals surface area contributed by atoms with Gasteiger partial charge in [-0.3, -0.25) is 14.3 Å². The van der Waals surface area contributed by atoms with E-state index in [0.717, 1.165) is 17.8 Å². The minimum absolute atomic E-state index is 0.00859. The van der Waals surface area contributed by atoms with E-state index in [1.54, 1.807) is 36.5 Å². The summed E-state index contributed by atoms with van der Waals surface area (Å²) >= 11 is 1.49. The molecule has 1 N–H and O–H groups in total. The van der Waals surface area contributed by atoms with Crippen molar-refractivity contribution in [3.8, 4) is 0 Å². The number of ether oxygens (including phenoxy) is 3.